The van der Waals surface area contributed by atoms with Crippen LogP contribution in [0.5, 0.6) is 0 Å². The molecule has 0 bridgehead atoms. The Morgan fingerprint density at radius 3 is 1.28 bits per heavy atom. The average molecular weight is 609 g/mol. The number of hydrogen-bond donors (Lipinski definition) is 0. The molecule has 0 aliphatic heterocycles. The largest absolute Gasteiger partial charge is 0.456 e. The molecule has 1 heteroatoms. The van der Waals surface area contributed by atoms with E-state index in [4.69, 9.17) is 4.42 Å². The van der Waals surface area contributed by atoms with Gasteiger partial charge in [-0.1, -0.05) is 84.9 Å². The number of para-hydroxylation sites is 1. The number of rotatable bonds is 3. The van der Waals surface area contributed by atoms with E-state index in [-0.39, 0.29) is 0 Å². The fourth-order valence-electron chi connectivity index (χ4n) is 8.14. The van der Waals surface area contributed by atoms with Crippen molar-refractivity contribution in [3.8, 4) is 33.4 Å². The van der Waals surface area contributed by atoms with Crippen LogP contribution in [0, 0.1) is 55.4 Å². The Balaban J connectivity index is 1.51. The van der Waals surface area contributed by atoms with Crippen LogP contribution in [0.3, 0.4) is 0 Å². The van der Waals surface area contributed by atoms with Crippen molar-refractivity contribution in [2.75, 3.05) is 0 Å². The Hall–Kier alpha value is -5.14. The van der Waals surface area contributed by atoms with Gasteiger partial charge in [0.2, 0.25) is 0 Å². The van der Waals surface area contributed by atoms with Crippen LogP contribution in [0.4, 0.5) is 0 Å². The molecule has 0 unspecified atom stereocenters. The second-order valence-electron chi connectivity index (χ2n) is 13.5. The first-order valence-electron chi connectivity index (χ1n) is 16.7. The van der Waals surface area contributed by atoms with E-state index in [1.54, 1.807) is 0 Å². The standard InChI is InChI=1S/C46H40O/c1-25-27(3)31(7)42-40(29(25)5)44(34-15-10-9-11-16-34)41-30(6)26(2)28(4)32(8)43(41)45(42)35-23-21-33(22-24-35)36-18-14-20-39-46(36)37-17-12-13-19-38(37)47-39/h9-24H,1-8H3. The minimum Gasteiger partial charge on any atom is -0.456 e. The normalized spacial score (nSPS) is 11.8. The smallest absolute Gasteiger partial charge is 0.136 e. The van der Waals surface area contributed by atoms with E-state index in [9.17, 15) is 0 Å². The zero-order valence-electron chi connectivity index (χ0n) is 28.6. The monoisotopic (exact) mass is 608 g/mol. The summed E-state index contributed by atoms with van der Waals surface area (Å²) in [4.78, 5) is 0. The van der Waals surface area contributed by atoms with Gasteiger partial charge in [-0.15, -0.1) is 0 Å². The molecule has 0 saturated heterocycles. The predicted molar refractivity (Wildman–Crippen MR) is 203 cm³/mol. The number of furan rings is 1. The van der Waals surface area contributed by atoms with E-state index in [0.29, 0.717) is 0 Å². The van der Waals surface area contributed by atoms with Crippen LogP contribution in [-0.2, 0) is 0 Å². The van der Waals surface area contributed by atoms with Crippen LogP contribution in [-0.4, -0.2) is 0 Å². The van der Waals surface area contributed by atoms with Gasteiger partial charge in [0.05, 0.1) is 0 Å². The van der Waals surface area contributed by atoms with Gasteiger partial charge < -0.3 is 4.42 Å². The fraction of sp³-hybridized carbons (Fsp3) is 0.174. The summed E-state index contributed by atoms with van der Waals surface area (Å²) < 4.78 is 6.24. The maximum atomic E-state index is 6.24. The van der Waals surface area contributed by atoms with E-state index < -0.39 is 0 Å². The van der Waals surface area contributed by atoms with Crippen molar-refractivity contribution in [2.45, 2.75) is 55.4 Å². The van der Waals surface area contributed by atoms with Gasteiger partial charge in [-0.2, -0.15) is 0 Å². The zero-order valence-corrected chi connectivity index (χ0v) is 28.6. The van der Waals surface area contributed by atoms with E-state index >= 15 is 0 Å². The summed E-state index contributed by atoms with van der Waals surface area (Å²) in [6.07, 6.45) is 0. The Kier molecular flexibility index (Phi) is 6.67. The van der Waals surface area contributed by atoms with Crippen molar-refractivity contribution in [1.82, 2.24) is 0 Å². The molecular weight excluding hydrogens is 569 g/mol. The molecule has 8 aromatic rings. The van der Waals surface area contributed by atoms with E-state index in [2.05, 4.69) is 146 Å². The Labute approximate surface area is 277 Å². The third-order valence-corrected chi connectivity index (χ3v) is 11.3. The van der Waals surface area contributed by atoms with Crippen LogP contribution in [0.2, 0.25) is 0 Å². The number of hydrogen-bond acceptors (Lipinski definition) is 1. The summed E-state index contributed by atoms with van der Waals surface area (Å²) in [5.74, 6) is 0. The Bertz CT molecular complexity index is 2480. The van der Waals surface area contributed by atoms with Crippen LogP contribution < -0.4 is 0 Å². The molecule has 1 nitrogen and oxygen atoms in total. The highest BCUT2D eigenvalue weighted by atomic mass is 16.3. The quantitative estimate of drug-likeness (QED) is 0.182. The van der Waals surface area contributed by atoms with Gasteiger partial charge in [-0.05, 0) is 167 Å². The van der Waals surface area contributed by atoms with Gasteiger partial charge in [0.15, 0.2) is 0 Å². The lowest BCUT2D eigenvalue weighted by Crippen LogP contribution is -2.03. The molecule has 0 amide bonds. The van der Waals surface area contributed by atoms with Crippen molar-refractivity contribution in [3.05, 3.63) is 142 Å². The Morgan fingerprint density at radius 1 is 0.319 bits per heavy atom. The van der Waals surface area contributed by atoms with Crippen LogP contribution in [0.1, 0.15) is 44.5 Å². The van der Waals surface area contributed by atoms with Gasteiger partial charge in [-0.3, -0.25) is 0 Å². The van der Waals surface area contributed by atoms with Crippen molar-refractivity contribution in [1.29, 1.82) is 0 Å². The first kappa shape index (κ1) is 29.3. The summed E-state index contributed by atoms with van der Waals surface area (Å²) in [5, 5.41) is 7.84. The summed E-state index contributed by atoms with van der Waals surface area (Å²) in [5.41, 5.74) is 20.5. The molecular formula is C46H40O. The molecule has 0 fully saturated rings. The van der Waals surface area contributed by atoms with Gasteiger partial charge in [0.1, 0.15) is 11.2 Å². The molecule has 0 spiro atoms. The van der Waals surface area contributed by atoms with Crippen molar-refractivity contribution in [3.63, 3.8) is 0 Å². The molecule has 1 aromatic heterocycles. The van der Waals surface area contributed by atoms with Crippen molar-refractivity contribution < 1.29 is 4.42 Å². The van der Waals surface area contributed by atoms with Crippen LogP contribution >= 0.6 is 0 Å². The molecule has 0 radical (unpaired) electrons. The molecule has 8 rings (SSSR count). The summed E-state index contributed by atoms with van der Waals surface area (Å²) >= 11 is 0. The molecule has 1 heterocycles. The second kappa shape index (κ2) is 10.7. The highest BCUT2D eigenvalue weighted by Gasteiger charge is 2.25. The number of benzene rings is 7. The van der Waals surface area contributed by atoms with Crippen LogP contribution in [0.15, 0.2) is 101 Å². The minimum absolute atomic E-state index is 0.926. The summed E-state index contributed by atoms with van der Waals surface area (Å²) in [6, 6.07) is 35.1. The molecule has 7 aromatic carbocycles. The highest BCUT2D eigenvalue weighted by molar-refractivity contribution is 6.25. The lowest BCUT2D eigenvalue weighted by Gasteiger charge is -2.27. The fourth-order valence-corrected chi connectivity index (χ4v) is 8.14. The van der Waals surface area contributed by atoms with Crippen molar-refractivity contribution in [2.24, 2.45) is 0 Å². The highest BCUT2D eigenvalue weighted by Crippen LogP contribution is 2.50. The predicted octanol–water partition coefficient (Wildman–Crippen LogP) is 13.4. The third kappa shape index (κ3) is 4.16. The van der Waals surface area contributed by atoms with E-state index in [0.717, 1.165) is 16.6 Å². The van der Waals surface area contributed by atoms with E-state index in [1.807, 2.05) is 6.07 Å². The molecule has 0 aliphatic rings. The minimum atomic E-state index is 0.926. The van der Waals surface area contributed by atoms with Crippen LogP contribution in [0.25, 0.3) is 76.9 Å². The van der Waals surface area contributed by atoms with Gasteiger partial charge in [0, 0.05) is 10.8 Å². The molecule has 0 N–H and O–H groups in total. The Morgan fingerprint density at radius 2 is 0.745 bits per heavy atom. The maximum absolute atomic E-state index is 6.24. The van der Waals surface area contributed by atoms with Gasteiger partial charge >= 0.3 is 0 Å². The lowest BCUT2D eigenvalue weighted by atomic mass is 9.76. The average Bonchev–Trinajstić information content (AvgIpc) is 3.49. The summed E-state index contributed by atoms with van der Waals surface area (Å²) in [6.45, 7) is 18.5. The number of fused-ring (bicyclic) bond motifs is 5. The molecule has 47 heavy (non-hydrogen) atoms. The van der Waals surface area contributed by atoms with Crippen molar-refractivity contribution >= 4 is 43.5 Å². The SMILES string of the molecule is Cc1c(C)c(C)c2c(-c3ccc(-c4cccc5oc6ccccc6c45)cc3)c3c(C)c(C)c(C)c(C)c3c(-c3ccccc3)c2c1C. The maximum Gasteiger partial charge on any atom is 0.136 e. The van der Waals surface area contributed by atoms with Gasteiger partial charge in [0.25, 0.3) is 0 Å². The van der Waals surface area contributed by atoms with Gasteiger partial charge in [-0.25, -0.2) is 0 Å². The first-order chi connectivity index (χ1) is 22.7. The number of aryl methyl sites for hydroxylation is 4. The zero-order chi connectivity index (χ0) is 32.7. The third-order valence-electron chi connectivity index (χ3n) is 11.3. The first-order valence-corrected chi connectivity index (χ1v) is 16.7. The topological polar surface area (TPSA) is 13.1 Å². The van der Waals surface area contributed by atoms with E-state index in [1.165, 1.54) is 105 Å². The molecule has 0 saturated carbocycles. The molecule has 0 aliphatic carbocycles. The molecule has 230 valence electrons. The molecule has 0 atom stereocenters. The second-order valence-corrected chi connectivity index (χ2v) is 13.5. The summed E-state index contributed by atoms with van der Waals surface area (Å²) in [7, 11) is 0. The lowest BCUT2D eigenvalue weighted by molar-refractivity contribution is 0.669.